The van der Waals surface area contributed by atoms with Gasteiger partial charge in [-0.25, -0.2) is 4.39 Å². The lowest BCUT2D eigenvalue weighted by Gasteiger charge is -2.37. The van der Waals surface area contributed by atoms with Gasteiger partial charge in [-0.3, -0.25) is 4.90 Å². The number of aromatic nitrogens is 2. The van der Waals surface area contributed by atoms with Crippen molar-refractivity contribution in [3.63, 3.8) is 0 Å². The van der Waals surface area contributed by atoms with Crippen molar-refractivity contribution in [2.45, 2.75) is 33.7 Å². The van der Waals surface area contributed by atoms with Crippen molar-refractivity contribution >= 4 is 28.6 Å². The van der Waals surface area contributed by atoms with Crippen LogP contribution in [0.5, 0.6) is 0 Å². The number of rotatable bonds is 4. The molecule has 0 saturated heterocycles. The minimum Gasteiger partial charge on any atom is -0.351 e. The van der Waals surface area contributed by atoms with Crippen molar-refractivity contribution in [1.29, 1.82) is 0 Å². The number of nitrogens with zero attached hydrogens (tertiary/aromatic N) is 3. The fourth-order valence-electron chi connectivity index (χ4n) is 4.50. The second kappa shape index (κ2) is 9.07. The van der Waals surface area contributed by atoms with Gasteiger partial charge >= 0.3 is 0 Å². The van der Waals surface area contributed by atoms with Gasteiger partial charge in [0, 0.05) is 16.9 Å². The Balaban J connectivity index is 1.67. The molecular weight excluding hydrogens is 459 g/mol. The van der Waals surface area contributed by atoms with E-state index in [0.29, 0.717) is 16.8 Å². The van der Waals surface area contributed by atoms with Gasteiger partial charge in [-0.05, 0) is 80.9 Å². The zero-order valence-corrected chi connectivity index (χ0v) is 20.8. The van der Waals surface area contributed by atoms with Gasteiger partial charge in [-0.1, -0.05) is 53.2 Å². The van der Waals surface area contributed by atoms with Crippen LogP contribution in [0.4, 0.5) is 10.1 Å². The fourth-order valence-corrected chi connectivity index (χ4v) is 4.86. The highest BCUT2D eigenvalue weighted by Crippen LogP contribution is 2.39. The second-order valence-corrected chi connectivity index (χ2v) is 9.29. The number of nitrogens with one attached hydrogen (secondary N) is 1. The highest BCUT2D eigenvalue weighted by atomic mass is 32.1. The molecule has 1 aliphatic rings. The first-order chi connectivity index (χ1) is 16.8. The van der Waals surface area contributed by atoms with E-state index in [2.05, 4.69) is 42.5 Å². The molecule has 2 heterocycles. The lowest BCUT2D eigenvalue weighted by atomic mass is 9.94. The van der Waals surface area contributed by atoms with Gasteiger partial charge in [0.15, 0.2) is 5.11 Å². The molecule has 1 atom stereocenters. The fraction of sp³-hybridized carbons (Fsp3) is 0.179. The monoisotopic (exact) mass is 484 g/mol. The average molecular weight is 485 g/mol. The summed E-state index contributed by atoms with van der Waals surface area (Å²) >= 11 is 5.80. The van der Waals surface area contributed by atoms with Gasteiger partial charge < -0.3 is 9.84 Å². The largest absolute Gasteiger partial charge is 0.351 e. The van der Waals surface area contributed by atoms with E-state index in [0.717, 1.165) is 44.8 Å². The van der Waals surface area contributed by atoms with E-state index in [-0.39, 0.29) is 5.82 Å². The van der Waals surface area contributed by atoms with Crippen LogP contribution in [0.25, 0.3) is 17.0 Å². The molecule has 1 aromatic heterocycles. The number of hydrogen-bond acceptors (Lipinski definition) is 4. The second-order valence-electron chi connectivity index (χ2n) is 8.91. The van der Waals surface area contributed by atoms with Gasteiger partial charge in [0.25, 0.3) is 5.89 Å². The highest BCUT2D eigenvalue weighted by molar-refractivity contribution is 7.80. The molecule has 0 bridgehead atoms. The Morgan fingerprint density at radius 1 is 0.914 bits per heavy atom. The van der Waals surface area contributed by atoms with Crippen molar-refractivity contribution in [2.75, 3.05) is 4.90 Å². The molecule has 0 radical (unpaired) electrons. The van der Waals surface area contributed by atoms with E-state index in [1.54, 1.807) is 6.07 Å². The minimum atomic E-state index is -0.452. The molecule has 5 nitrogen and oxygen atoms in total. The van der Waals surface area contributed by atoms with E-state index in [9.17, 15) is 4.39 Å². The Bertz CT molecular complexity index is 1440. The molecule has 7 heteroatoms. The maximum Gasteiger partial charge on any atom is 0.258 e. The topological polar surface area (TPSA) is 54.2 Å². The van der Waals surface area contributed by atoms with Crippen LogP contribution < -0.4 is 10.2 Å². The van der Waals surface area contributed by atoms with Crippen molar-refractivity contribution in [3.05, 3.63) is 106 Å². The van der Waals surface area contributed by atoms with Crippen LogP contribution >= 0.6 is 12.2 Å². The van der Waals surface area contributed by atoms with Crippen LogP contribution in [0.1, 0.15) is 41.1 Å². The van der Waals surface area contributed by atoms with Gasteiger partial charge in [-0.2, -0.15) is 4.98 Å². The summed E-state index contributed by atoms with van der Waals surface area (Å²) in [4.78, 5) is 6.70. The number of hydrogen-bond donors (Lipinski definition) is 1. The van der Waals surface area contributed by atoms with E-state index in [4.69, 9.17) is 21.7 Å². The summed E-state index contributed by atoms with van der Waals surface area (Å²) in [5, 5.41) is 8.15. The molecule has 4 aromatic rings. The van der Waals surface area contributed by atoms with Gasteiger partial charge in [0.05, 0.1) is 11.6 Å². The molecule has 0 aliphatic carbocycles. The minimum absolute atomic E-state index is 0.324. The quantitative estimate of drug-likeness (QED) is 0.327. The number of aryl methyl sites for hydroxylation is 3. The molecular formula is C28H25FN4OS. The van der Waals surface area contributed by atoms with Crippen LogP contribution in [0, 0.1) is 26.6 Å². The lowest BCUT2D eigenvalue weighted by Crippen LogP contribution is -2.46. The molecule has 1 aliphatic heterocycles. The van der Waals surface area contributed by atoms with Crippen LogP contribution in [0.3, 0.4) is 0 Å². The van der Waals surface area contributed by atoms with Gasteiger partial charge in [0.1, 0.15) is 5.82 Å². The van der Waals surface area contributed by atoms with Crippen LogP contribution in [0.2, 0.25) is 0 Å². The smallest absolute Gasteiger partial charge is 0.258 e. The summed E-state index contributed by atoms with van der Waals surface area (Å²) in [5.74, 6) is 0.524. The maximum atomic E-state index is 14.2. The molecule has 0 amide bonds. The number of allylic oxidation sites excluding steroid dienone is 1. The molecule has 35 heavy (non-hydrogen) atoms. The van der Waals surface area contributed by atoms with E-state index in [1.807, 2.05) is 49.1 Å². The summed E-state index contributed by atoms with van der Waals surface area (Å²) in [6.07, 6.45) is 0. The third-order valence-electron chi connectivity index (χ3n) is 6.10. The first-order valence-corrected chi connectivity index (χ1v) is 11.8. The molecule has 3 aromatic carbocycles. The number of anilines is 1. The van der Waals surface area contributed by atoms with Gasteiger partial charge in [0.2, 0.25) is 5.82 Å². The van der Waals surface area contributed by atoms with Crippen LogP contribution in [-0.4, -0.2) is 15.3 Å². The normalized spacial score (nSPS) is 16.0. The first kappa shape index (κ1) is 22.9. The highest BCUT2D eigenvalue weighted by Gasteiger charge is 2.35. The van der Waals surface area contributed by atoms with E-state index >= 15 is 0 Å². The zero-order chi connectivity index (χ0) is 24.7. The average Bonchev–Trinajstić information content (AvgIpc) is 3.28. The first-order valence-electron chi connectivity index (χ1n) is 11.4. The lowest BCUT2D eigenvalue weighted by molar-refractivity contribution is 0.404. The Morgan fingerprint density at radius 3 is 2.31 bits per heavy atom. The van der Waals surface area contributed by atoms with E-state index in [1.165, 1.54) is 12.1 Å². The summed E-state index contributed by atoms with van der Waals surface area (Å²) in [5.41, 5.74) is 7.50. The number of halogens is 1. The SMILES string of the molecule is CC1=C(c2nc(-c3ccc(C)cc3)no2)C(c2cccc(F)c2)NC(=S)N1c1cc(C)cc(C)c1. The molecule has 176 valence electrons. The van der Waals surface area contributed by atoms with Crippen molar-refractivity contribution < 1.29 is 8.91 Å². The van der Waals surface area contributed by atoms with Crippen molar-refractivity contribution in [3.8, 4) is 11.4 Å². The molecule has 1 N–H and O–H groups in total. The van der Waals surface area contributed by atoms with Crippen molar-refractivity contribution in [2.24, 2.45) is 0 Å². The summed E-state index contributed by atoms with van der Waals surface area (Å²) in [6.45, 7) is 8.11. The zero-order valence-electron chi connectivity index (χ0n) is 20.0. The Morgan fingerprint density at radius 2 is 1.63 bits per heavy atom. The third-order valence-corrected chi connectivity index (χ3v) is 6.40. The summed E-state index contributed by atoms with van der Waals surface area (Å²) < 4.78 is 20.0. The molecule has 1 unspecified atom stereocenters. The Hall–Kier alpha value is -3.84. The molecule has 0 fully saturated rings. The third kappa shape index (κ3) is 4.47. The number of thiocarbonyl (C=S) groups is 1. The molecule has 5 rings (SSSR count). The Kier molecular flexibility index (Phi) is 5.94. The summed E-state index contributed by atoms with van der Waals surface area (Å²) in [6, 6.07) is 20.2. The predicted molar refractivity (Wildman–Crippen MR) is 140 cm³/mol. The predicted octanol–water partition coefficient (Wildman–Crippen LogP) is 6.67. The molecule has 0 saturated carbocycles. The summed E-state index contributed by atoms with van der Waals surface area (Å²) in [7, 11) is 0. The Labute approximate surface area is 209 Å². The maximum absolute atomic E-state index is 14.2. The van der Waals surface area contributed by atoms with Gasteiger partial charge in [-0.15, -0.1) is 0 Å². The van der Waals surface area contributed by atoms with Crippen molar-refractivity contribution in [1.82, 2.24) is 15.5 Å². The van der Waals surface area contributed by atoms with Crippen LogP contribution in [0.15, 0.2) is 77.0 Å². The van der Waals surface area contributed by atoms with E-state index < -0.39 is 6.04 Å². The standard InChI is InChI=1S/C28H25FN4OS/c1-16-8-10-20(11-9-16)26-31-27(34-32-26)24-19(4)33(23-13-17(2)12-18(3)14-23)28(35)30-25(24)21-6-5-7-22(29)15-21/h5-15,25H,1-4H3,(H,30,35). The molecule has 0 spiro atoms. The van der Waals surface area contributed by atoms with Crippen LogP contribution in [-0.2, 0) is 0 Å². The number of benzene rings is 3.